The Balaban J connectivity index is 0.000000178. The second-order valence-electron chi connectivity index (χ2n) is 10.8. The number of hydrogen-bond donors (Lipinski definition) is 0. The van der Waals surface area contributed by atoms with E-state index in [0.717, 1.165) is 44.3 Å². The average molecular weight is 791 g/mol. The smallest absolute Gasteiger partial charge is 0.120 e. The zero-order valence-corrected chi connectivity index (χ0v) is 27.6. The molecule has 0 unspecified atom stereocenters. The van der Waals surface area contributed by atoms with Crippen LogP contribution in [-0.4, -0.2) is 9.97 Å². The molecule has 0 saturated carbocycles. The summed E-state index contributed by atoms with van der Waals surface area (Å²) in [5.41, 5.74) is 9.26. The summed E-state index contributed by atoms with van der Waals surface area (Å²) < 4.78 is 52.0. The van der Waals surface area contributed by atoms with Crippen molar-refractivity contribution in [3.05, 3.63) is 176 Å². The maximum Gasteiger partial charge on any atom is 0.120 e. The number of hydrogen-bond acceptors (Lipinski definition) is 3. The van der Waals surface area contributed by atoms with Crippen LogP contribution in [0, 0.1) is 26.7 Å². The Morgan fingerprint density at radius 2 is 1.43 bits per heavy atom. The zero-order chi connectivity index (χ0) is 36.5. The minimum atomic E-state index is -2.28. The van der Waals surface area contributed by atoms with Crippen LogP contribution in [0.1, 0.15) is 24.9 Å². The van der Waals surface area contributed by atoms with Crippen molar-refractivity contribution in [2.24, 2.45) is 0 Å². The van der Waals surface area contributed by atoms with Gasteiger partial charge in [-0.25, -0.2) is 0 Å². The van der Waals surface area contributed by atoms with Crippen molar-refractivity contribution in [2.75, 3.05) is 0 Å². The summed E-state index contributed by atoms with van der Waals surface area (Å²) in [5, 5.41) is 2.21. The van der Waals surface area contributed by atoms with Crippen molar-refractivity contribution in [2.45, 2.75) is 13.7 Å². The van der Waals surface area contributed by atoms with Crippen molar-refractivity contribution in [3.8, 4) is 44.8 Å². The third-order valence-corrected chi connectivity index (χ3v) is 7.83. The Bertz CT molecular complexity index is 2500. The molecule has 8 rings (SSSR count). The van der Waals surface area contributed by atoms with Gasteiger partial charge in [-0.1, -0.05) is 114 Å². The van der Waals surface area contributed by atoms with Gasteiger partial charge in [0, 0.05) is 51.8 Å². The zero-order valence-electron chi connectivity index (χ0n) is 31.2. The summed E-state index contributed by atoms with van der Waals surface area (Å²) in [7, 11) is 0. The second kappa shape index (κ2) is 14.0. The second-order valence-corrected chi connectivity index (χ2v) is 10.8. The van der Waals surface area contributed by atoms with Gasteiger partial charge in [0.1, 0.15) is 5.58 Å². The van der Waals surface area contributed by atoms with E-state index in [-0.39, 0.29) is 31.2 Å². The third-order valence-electron chi connectivity index (χ3n) is 7.83. The molecule has 5 aromatic carbocycles. The molecule has 0 saturated heterocycles. The van der Waals surface area contributed by atoms with Crippen molar-refractivity contribution >= 4 is 21.9 Å². The number of aryl methyl sites for hydroxylation is 2. The Kier molecular flexibility index (Phi) is 7.42. The summed E-state index contributed by atoms with van der Waals surface area (Å²) in [6.45, 7) is -0.530. The molecule has 47 heavy (non-hydrogen) atoms. The molecule has 0 bridgehead atoms. The monoisotopic (exact) mass is 791 g/mol. The number of aromatic nitrogens is 2. The topological polar surface area (TPSA) is 38.9 Å². The molecule has 0 atom stereocenters. The molecule has 0 aliphatic rings. The molecule has 1 radical (unpaired) electrons. The van der Waals surface area contributed by atoms with E-state index in [2.05, 4.69) is 47.2 Å². The molecule has 0 fully saturated rings. The minimum absolute atomic E-state index is 0. The molecule has 0 amide bonds. The van der Waals surface area contributed by atoms with Crippen LogP contribution in [0.15, 0.2) is 150 Å². The van der Waals surface area contributed by atoms with Crippen LogP contribution in [0.5, 0.6) is 0 Å². The number of nitrogens with zero attached hydrogens (tertiary/aromatic N) is 2. The van der Waals surface area contributed by atoms with E-state index in [4.69, 9.17) is 12.6 Å². The predicted octanol–water partition coefficient (Wildman–Crippen LogP) is 11.3. The average Bonchev–Trinajstić information content (AvgIpc) is 3.54. The van der Waals surface area contributed by atoms with E-state index >= 15 is 0 Å². The molecule has 3 nitrogen and oxygen atoms in total. The van der Waals surface area contributed by atoms with Crippen LogP contribution in [0.25, 0.3) is 66.7 Å². The summed E-state index contributed by atoms with van der Waals surface area (Å²) in [4.78, 5) is 8.83. The molecule has 0 aliphatic heterocycles. The maximum atomic E-state index is 7.86. The number of rotatable bonds is 4. The third kappa shape index (κ3) is 6.66. The molecule has 8 aromatic rings. The Morgan fingerprint density at radius 1 is 0.660 bits per heavy atom. The van der Waals surface area contributed by atoms with E-state index in [1.54, 1.807) is 18.2 Å². The first-order chi connectivity index (χ1) is 25.0. The molecular weight excluding hydrogens is 753 g/mol. The van der Waals surface area contributed by atoms with Crippen molar-refractivity contribution in [1.82, 2.24) is 9.97 Å². The summed E-state index contributed by atoms with van der Waals surface area (Å²) in [6.07, 6.45) is 3.16. The van der Waals surface area contributed by atoms with E-state index < -0.39 is 13.7 Å². The van der Waals surface area contributed by atoms with Gasteiger partial charge < -0.3 is 9.40 Å². The van der Waals surface area contributed by atoms with Crippen molar-refractivity contribution in [1.29, 1.82) is 0 Å². The predicted molar refractivity (Wildman–Crippen MR) is 190 cm³/mol. The normalized spacial score (nSPS) is 13.1. The fraction of sp³-hybridized carbons (Fsp3) is 0.0465. The molecule has 0 N–H and O–H groups in total. The quantitative estimate of drug-likeness (QED) is 0.167. The van der Waals surface area contributed by atoms with E-state index in [1.807, 2.05) is 91.1 Å². The van der Waals surface area contributed by atoms with Gasteiger partial charge in [-0.3, -0.25) is 4.98 Å². The van der Waals surface area contributed by atoms with Crippen molar-refractivity contribution in [3.63, 3.8) is 0 Å². The summed E-state index contributed by atoms with van der Waals surface area (Å²) in [6, 6.07) is 45.5. The molecular formula is C43H32IrN2O-2. The van der Waals surface area contributed by atoms with Crippen LogP contribution < -0.4 is 0 Å². The van der Waals surface area contributed by atoms with Crippen LogP contribution in [0.2, 0.25) is 0 Å². The van der Waals surface area contributed by atoms with Gasteiger partial charge in [0.2, 0.25) is 0 Å². The van der Waals surface area contributed by atoms with E-state index in [1.165, 1.54) is 17.8 Å². The largest absolute Gasteiger partial charge is 0.501 e. The number of benzene rings is 5. The SMILES string of the molecule is [2H]C([2H])([2H])c1ccc(-c2cc(-c3ccccc3)c(C([2H])([2H])[2H])cc2[CH2-])nc1.[Ir].[c-]1ccc2c(oc3ccccc32)c1-c1cc(-c2ccccc2)ccn1. The minimum Gasteiger partial charge on any atom is -0.501 e. The fourth-order valence-corrected chi connectivity index (χ4v) is 5.55. The molecule has 0 aliphatic carbocycles. The number of pyridine rings is 2. The summed E-state index contributed by atoms with van der Waals surface area (Å²) in [5.74, 6) is 0. The van der Waals surface area contributed by atoms with Gasteiger partial charge in [0.15, 0.2) is 0 Å². The Morgan fingerprint density at radius 3 is 2.17 bits per heavy atom. The van der Waals surface area contributed by atoms with Crippen LogP contribution in [-0.2, 0) is 20.1 Å². The van der Waals surface area contributed by atoms with Gasteiger partial charge in [-0.05, 0) is 58.6 Å². The number of fused-ring (bicyclic) bond motifs is 3. The molecule has 231 valence electrons. The standard InChI is InChI=1S/C23H14NO.C20H18N.Ir/c1-2-7-16(8-3-1)17-13-14-24-21(15-17)20-11-6-10-19-18-9-4-5-12-22(18)25-23(19)20;1-14-9-10-20(21-13-14)19-12-18(15(2)11-16(19)3)17-7-5-4-6-8-17;/h1-10,12-15H;4-13H,3H2,1-2H3;/q2*-1;/i;1D3,2D3;. The molecule has 3 heterocycles. The van der Waals surface area contributed by atoms with Gasteiger partial charge in [0.05, 0.1) is 5.58 Å². The Hall–Kier alpha value is -5.28. The van der Waals surface area contributed by atoms with E-state index in [0.29, 0.717) is 22.4 Å². The first-order valence-electron chi connectivity index (χ1n) is 17.8. The number of para-hydroxylation sites is 1. The van der Waals surface area contributed by atoms with Gasteiger partial charge in [-0.2, -0.15) is 18.6 Å². The Labute approximate surface area is 297 Å². The fourth-order valence-electron chi connectivity index (χ4n) is 5.55. The van der Waals surface area contributed by atoms with E-state index in [9.17, 15) is 0 Å². The van der Waals surface area contributed by atoms with Crippen LogP contribution >= 0.6 is 0 Å². The van der Waals surface area contributed by atoms with Crippen molar-refractivity contribution < 1.29 is 32.7 Å². The molecule has 4 heteroatoms. The van der Waals surface area contributed by atoms with Gasteiger partial charge in [0.25, 0.3) is 0 Å². The first kappa shape index (κ1) is 24.9. The molecule has 3 aromatic heterocycles. The number of furan rings is 1. The summed E-state index contributed by atoms with van der Waals surface area (Å²) >= 11 is 0. The van der Waals surface area contributed by atoms with Crippen LogP contribution in [0.4, 0.5) is 0 Å². The molecule has 0 spiro atoms. The first-order valence-corrected chi connectivity index (χ1v) is 14.8. The van der Waals surface area contributed by atoms with Gasteiger partial charge in [-0.15, -0.1) is 29.8 Å². The maximum absolute atomic E-state index is 7.86. The van der Waals surface area contributed by atoms with Gasteiger partial charge >= 0.3 is 0 Å². The van der Waals surface area contributed by atoms with Crippen LogP contribution in [0.3, 0.4) is 0 Å².